The van der Waals surface area contributed by atoms with Crippen LogP contribution in [-0.4, -0.2) is 76.4 Å². The summed E-state index contributed by atoms with van der Waals surface area (Å²) in [7, 11) is 0. The number of thiol groups is 1. The third kappa shape index (κ3) is 14.3. The Morgan fingerprint density at radius 1 is 0.947 bits per heavy atom. The average molecular weight is 568 g/mol. The monoisotopic (exact) mass is 567 g/mol. The molecule has 12 nitrogen and oxygen atoms in total. The maximum Gasteiger partial charge on any atom is 0.490 e. The van der Waals surface area contributed by atoms with E-state index < -0.39 is 48.0 Å². The Bertz CT molecular complexity index is 948. The number of hydrogen-bond donors (Lipinski definition) is 8. The van der Waals surface area contributed by atoms with Gasteiger partial charge in [-0.05, 0) is 43.5 Å². The number of benzene rings is 1. The van der Waals surface area contributed by atoms with Gasteiger partial charge < -0.3 is 37.6 Å². The minimum absolute atomic E-state index is 0.00540. The van der Waals surface area contributed by atoms with E-state index in [4.69, 9.17) is 21.4 Å². The zero-order chi connectivity index (χ0) is 29.5. The van der Waals surface area contributed by atoms with Gasteiger partial charge in [-0.1, -0.05) is 12.1 Å². The van der Waals surface area contributed by atoms with Gasteiger partial charge in [0.2, 0.25) is 23.6 Å². The molecule has 0 spiro atoms. The average Bonchev–Trinajstić information content (AvgIpc) is 2.82. The van der Waals surface area contributed by atoms with Crippen molar-refractivity contribution >= 4 is 42.2 Å². The molecule has 0 unspecified atom stereocenters. The Morgan fingerprint density at radius 2 is 1.45 bits per heavy atom. The standard InChI is InChI=1S/C20H31N5O5S.C2HF3O2/c1-12(26)23-15(4-2-3-9-21)19(29)24-16(10-13-5-7-14(27)8-6-13)20(30)25-17(11-31)18(22)28;3-2(4,5)1(6)7/h5-8,15-17,27,31H,2-4,9-11,21H2,1H3,(H2,22,28)(H,23,26)(H,24,29)(H,25,30);(H,6,7)/t15-,16-,17-;/m0./s1. The number of phenolic OH excluding ortho intramolecular Hbond substituents is 1. The van der Waals surface area contributed by atoms with E-state index in [2.05, 4.69) is 28.6 Å². The highest BCUT2D eigenvalue weighted by Gasteiger charge is 2.38. The first kappa shape index (κ1) is 34.5. The van der Waals surface area contributed by atoms with Gasteiger partial charge in [0.15, 0.2) is 0 Å². The molecule has 0 radical (unpaired) electrons. The molecule has 0 bridgehead atoms. The van der Waals surface area contributed by atoms with Gasteiger partial charge in [-0.3, -0.25) is 19.2 Å². The minimum Gasteiger partial charge on any atom is -0.508 e. The molecule has 0 aliphatic rings. The van der Waals surface area contributed by atoms with Gasteiger partial charge in [0, 0.05) is 19.1 Å². The van der Waals surface area contributed by atoms with Crippen LogP contribution in [0.15, 0.2) is 24.3 Å². The number of nitrogens with one attached hydrogen (secondary N) is 3. The lowest BCUT2D eigenvalue weighted by Crippen LogP contribution is -2.57. The van der Waals surface area contributed by atoms with Gasteiger partial charge in [-0.25, -0.2) is 4.79 Å². The summed E-state index contributed by atoms with van der Waals surface area (Å²) >= 11 is 4.01. The lowest BCUT2D eigenvalue weighted by molar-refractivity contribution is -0.192. The summed E-state index contributed by atoms with van der Waals surface area (Å²) in [5.41, 5.74) is 11.4. The number of primary amides is 1. The highest BCUT2D eigenvalue weighted by atomic mass is 32.1. The number of halogens is 3. The molecular formula is C22H32F3N5O7S. The number of phenols is 1. The molecule has 0 saturated carbocycles. The molecule has 214 valence electrons. The summed E-state index contributed by atoms with van der Waals surface area (Å²) in [6.07, 6.45) is -3.33. The van der Waals surface area contributed by atoms with Gasteiger partial charge in [0.1, 0.15) is 23.9 Å². The van der Waals surface area contributed by atoms with Crippen LogP contribution in [0.5, 0.6) is 5.75 Å². The number of hydrogen-bond acceptors (Lipinski definition) is 8. The summed E-state index contributed by atoms with van der Waals surface area (Å²) in [5.74, 6) is -4.99. The zero-order valence-corrected chi connectivity index (χ0v) is 21.3. The molecule has 0 heterocycles. The maximum atomic E-state index is 12.8. The van der Waals surface area contributed by atoms with Crippen LogP contribution in [0, 0.1) is 0 Å². The van der Waals surface area contributed by atoms with E-state index in [1.165, 1.54) is 19.1 Å². The molecule has 0 fully saturated rings. The quantitative estimate of drug-likeness (QED) is 0.116. The second kappa shape index (κ2) is 17.1. The molecule has 4 amide bonds. The molecule has 1 aromatic rings. The largest absolute Gasteiger partial charge is 0.508 e. The molecule has 1 aromatic carbocycles. The van der Waals surface area contributed by atoms with E-state index in [0.29, 0.717) is 31.4 Å². The molecule has 0 aliphatic heterocycles. The van der Waals surface area contributed by atoms with E-state index in [1.807, 2.05) is 0 Å². The fourth-order valence-corrected chi connectivity index (χ4v) is 3.11. The van der Waals surface area contributed by atoms with Crippen molar-refractivity contribution in [2.24, 2.45) is 11.5 Å². The third-order valence-corrected chi connectivity index (χ3v) is 5.10. The van der Waals surface area contributed by atoms with E-state index in [1.54, 1.807) is 12.1 Å². The molecule has 16 heteroatoms. The van der Waals surface area contributed by atoms with E-state index in [9.17, 15) is 37.5 Å². The maximum absolute atomic E-state index is 12.8. The Labute approximate surface area is 222 Å². The summed E-state index contributed by atoms with van der Waals surface area (Å²) in [4.78, 5) is 57.5. The van der Waals surface area contributed by atoms with Crippen molar-refractivity contribution in [2.75, 3.05) is 12.3 Å². The molecule has 38 heavy (non-hydrogen) atoms. The number of carbonyl (C=O) groups excluding carboxylic acids is 4. The first-order valence-electron chi connectivity index (χ1n) is 11.2. The minimum atomic E-state index is -5.08. The number of carbonyl (C=O) groups is 5. The molecule has 0 saturated heterocycles. The number of nitrogens with two attached hydrogens (primary N) is 2. The highest BCUT2D eigenvalue weighted by molar-refractivity contribution is 7.80. The molecule has 0 aromatic heterocycles. The smallest absolute Gasteiger partial charge is 0.490 e. The highest BCUT2D eigenvalue weighted by Crippen LogP contribution is 2.13. The first-order valence-corrected chi connectivity index (χ1v) is 11.8. The number of alkyl halides is 3. The van der Waals surface area contributed by atoms with Crippen molar-refractivity contribution < 1.29 is 47.4 Å². The van der Waals surface area contributed by atoms with Crippen molar-refractivity contribution in [3.8, 4) is 5.75 Å². The number of carboxylic acids is 1. The SMILES string of the molecule is CC(=O)N[C@@H](CCCCN)C(=O)N[C@@H](Cc1ccc(O)cc1)C(=O)N[C@@H](CS)C(N)=O.O=C(O)C(F)(F)F. The molecule has 1 rings (SSSR count). The first-order chi connectivity index (χ1) is 17.6. The van der Waals surface area contributed by atoms with Crippen molar-refractivity contribution in [2.45, 2.75) is 56.9 Å². The van der Waals surface area contributed by atoms with Gasteiger partial charge in [-0.2, -0.15) is 25.8 Å². The van der Waals surface area contributed by atoms with Crippen molar-refractivity contribution in [3.05, 3.63) is 29.8 Å². The number of carboxylic acid groups (broad SMARTS) is 1. The van der Waals surface area contributed by atoms with Crippen LogP contribution in [0.3, 0.4) is 0 Å². The predicted molar refractivity (Wildman–Crippen MR) is 133 cm³/mol. The Hall–Kier alpha value is -3.53. The second-order valence-corrected chi connectivity index (χ2v) is 8.28. The Kier molecular flexibility index (Phi) is 15.5. The fourth-order valence-electron chi connectivity index (χ4n) is 2.84. The van der Waals surface area contributed by atoms with Crippen LogP contribution in [0.2, 0.25) is 0 Å². The lowest BCUT2D eigenvalue weighted by atomic mass is 10.0. The predicted octanol–water partition coefficient (Wildman–Crippen LogP) is -0.414. The van der Waals surface area contributed by atoms with Gasteiger partial charge in [0.05, 0.1) is 0 Å². The van der Waals surface area contributed by atoms with Crippen LogP contribution >= 0.6 is 12.6 Å². The van der Waals surface area contributed by atoms with Crippen LogP contribution in [0.25, 0.3) is 0 Å². The zero-order valence-electron chi connectivity index (χ0n) is 20.5. The molecule has 0 aliphatic carbocycles. The van der Waals surface area contributed by atoms with Crippen LogP contribution in [-0.2, 0) is 30.4 Å². The lowest BCUT2D eigenvalue weighted by Gasteiger charge is -2.24. The van der Waals surface area contributed by atoms with Crippen LogP contribution in [0.4, 0.5) is 13.2 Å². The summed E-state index contributed by atoms with van der Waals surface area (Å²) in [6.45, 7) is 1.76. The van der Waals surface area contributed by atoms with Crippen molar-refractivity contribution in [1.29, 1.82) is 0 Å². The van der Waals surface area contributed by atoms with Gasteiger partial charge >= 0.3 is 12.1 Å². The number of aliphatic carboxylic acids is 1. The molecule has 3 atom stereocenters. The van der Waals surface area contributed by atoms with Crippen LogP contribution in [0.1, 0.15) is 31.7 Å². The van der Waals surface area contributed by atoms with Gasteiger partial charge in [-0.15, -0.1) is 0 Å². The molecule has 9 N–H and O–H groups in total. The summed E-state index contributed by atoms with van der Waals surface area (Å²) in [5, 5.41) is 24.3. The van der Waals surface area contributed by atoms with E-state index in [-0.39, 0.29) is 23.8 Å². The fraction of sp³-hybridized carbons (Fsp3) is 0.500. The summed E-state index contributed by atoms with van der Waals surface area (Å²) < 4.78 is 31.7. The van der Waals surface area contributed by atoms with E-state index >= 15 is 0 Å². The number of amides is 4. The second-order valence-electron chi connectivity index (χ2n) is 7.92. The van der Waals surface area contributed by atoms with Crippen LogP contribution < -0.4 is 27.4 Å². The van der Waals surface area contributed by atoms with Gasteiger partial charge in [0.25, 0.3) is 0 Å². The Morgan fingerprint density at radius 3 is 1.87 bits per heavy atom. The number of unbranched alkanes of at least 4 members (excludes halogenated alkanes) is 1. The third-order valence-electron chi connectivity index (χ3n) is 4.74. The van der Waals surface area contributed by atoms with E-state index in [0.717, 1.165) is 0 Å². The van der Waals surface area contributed by atoms with Crippen molar-refractivity contribution in [3.63, 3.8) is 0 Å². The number of aromatic hydroxyl groups is 1. The topological polar surface area (TPSA) is 214 Å². The summed E-state index contributed by atoms with van der Waals surface area (Å²) in [6, 6.07) is 3.24. The van der Waals surface area contributed by atoms with Crippen molar-refractivity contribution in [1.82, 2.24) is 16.0 Å². The Balaban J connectivity index is 0.00000171. The molecular weight excluding hydrogens is 535 g/mol. The normalized spacial score (nSPS) is 13.1. The number of rotatable bonds is 13.